The highest BCUT2D eigenvalue weighted by Gasteiger charge is 2.16. The second kappa shape index (κ2) is 10.0. The normalized spacial score (nSPS) is 10.9. The number of rotatable bonds is 7. The van der Waals surface area contributed by atoms with Gasteiger partial charge in [0.05, 0.1) is 11.6 Å². The fraction of sp³-hybridized carbons (Fsp3) is 0.238. The number of nitriles is 1. The summed E-state index contributed by atoms with van der Waals surface area (Å²) in [5.74, 6) is 0.400. The quantitative estimate of drug-likeness (QED) is 0.470. The molecular weight excluding hydrogens is 399 g/mol. The van der Waals surface area contributed by atoms with E-state index in [1.54, 1.807) is 32.3 Å². The van der Waals surface area contributed by atoms with E-state index in [-0.39, 0.29) is 12.2 Å². The molecule has 0 spiro atoms. The highest BCUT2D eigenvalue weighted by Crippen LogP contribution is 2.38. The maximum Gasteiger partial charge on any atom is 0.264 e. The van der Waals surface area contributed by atoms with Crippen molar-refractivity contribution in [1.82, 2.24) is 4.90 Å². The number of likely N-dealkylation sites (N-methyl/N-ethyl adjacent to an activating group) is 1. The van der Waals surface area contributed by atoms with Gasteiger partial charge in [0.2, 0.25) is 0 Å². The molecule has 0 radical (unpaired) electrons. The van der Waals surface area contributed by atoms with E-state index in [0.29, 0.717) is 33.7 Å². The van der Waals surface area contributed by atoms with Gasteiger partial charge < -0.3 is 14.4 Å². The van der Waals surface area contributed by atoms with Crippen LogP contribution in [0.5, 0.6) is 11.5 Å². The van der Waals surface area contributed by atoms with Crippen molar-refractivity contribution in [2.45, 2.75) is 13.5 Å². The Balaban J connectivity index is 2.37. The summed E-state index contributed by atoms with van der Waals surface area (Å²) < 4.78 is 11.5. The van der Waals surface area contributed by atoms with Crippen LogP contribution in [0.1, 0.15) is 18.1 Å². The van der Waals surface area contributed by atoms with E-state index >= 15 is 0 Å². The summed E-state index contributed by atoms with van der Waals surface area (Å²) in [4.78, 5) is 13.4. The first-order valence-corrected chi connectivity index (χ1v) is 9.29. The second-order valence-corrected chi connectivity index (χ2v) is 6.83. The van der Waals surface area contributed by atoms with Crippen molar-refractivity contribution in [3.8, 4) is 17.6 Å². The molecule has 0 aliphatic rings. The molecule has 1 amide bonds. The predicted octanol–water partition coefficient (Wildman–Crippen LogP) is 4.97. The summed E-state index contributed by atoms with van der Waals surface area (Å²) in [5.41, 5.74) is 1.37. The Morgan fingerprint density at radius 2 is 1.89 bits per heavy atom. The third-order valence-corrected chi connectivity index (χ3v) is 4.38. The minimum atomic E-state index is -0.393. The average molecular weight is 419 g/mol. The lowest BCUT2D eigenvalue weighted by Gasteiger charge is -2.15. The van der Waals surface area contributed by atoms with Crippen LogP contribution >= 0.6 is 23.2 Å². The van der Waals surface area contributed by atoms with Crippen LogP contribution in [0.25, 0.3) is 6.08 Å². The average Bonchev–Trinajstić information content (AvgIpc) is 2.66. The van der Waals surface area contributed by atoms with Crippen molar-refractivity contribution in [2.24, 2.45) is 0 Å². The summed E-state index contributed by atoms with van der Waals surface area (Å²) >= 11 is 12.6. The Hall–Kier alpha value is -2.68. The maximum atomic E-state index is 12.1. The van der Waals surface area contributed by atoms with Gasteiger partial charge >= 0.3 is 0 Å². The number of benzene rings is 2. The molecule has 0 atom stereocenters. The van der Waals surface area contributed by atoms with E-state index in [4.69, 9.17) is 32.7 Å². The van der Waals surface area contributed by atoms with Crippen molar-refractivity contribution in [3.63, 3.8) is 0 Å². The van der Waals surface area contributed by atoms with E-state index in [0.717, 1.165) is 5.56 Å². The molecule has 0 unspecified atom stereocenters. The highest BCUT2D eigenvalue weighted by molar-refractivity contribution is 6.32. The summed E-state index contributed by atoms with van der Waals surface area (Å²) in [6, 6.07) is 12.6. The van der Waals surface area contributed by atoms with Crippen molar-refractivity contribution >= 4 is 35.2 Å². The van der Waals surface area contributed by atoms with Gasteiger partial charge in [0.25, 0.3) is 5.91 Å². The Bertz CT molecular complexity index is 934. The van der Waals surface area contributed by atoms with E-state index in [1.807, 2.05) is 31.2 Å². The summed E-state index contributed by atoms with van der Waals surface area (Å²) in [6.07, 6.45) is 1.47. The Labute approximate surface area is 174 Å². The van der Waals surface area contributed by atoms with Crippen LogP contribution in [0, 0.1) is 11.3 Å². The van der Waals surface area contributed by atoms with Gasteiger partial charge in [0, 0.05) is 24.7 Å². The fourth-order valence-electron chi connectivity index (χ4n) is 2.39. The van der Waals surface area contributed by atoms with Gasteiger partial charge in [-0.1, -0.05) is 41.4 Å². The van der Waals surface area contributed by atoms with Crippen molar-refractivity contribution in [3.05, 3.63) is 63.1 Å². The summed E-state index contributed by atoms with van der Waals surface area (Å²) in [7, 11) is 3.16. The Morgan fingerprint density at radius 1 is 1.18 bits per heavy atom. The molecule has 2 aromatic carbocycles. The number of carbonyl (C=O) groups is 1. The van der Waals surface area contributed by atoms with Crippen molar-refractivity contribution in [1.29, 1.82) is 5.26 Å². The summed E-state index contributed by atoms with van der Waals surface area (Å²) in [6.45, 7) is 2.45. The molecule has 0 saturated heterocycles. The summed E-state index contributed by atoms with van der Waals surface area (Å²) in [5, 5.41) is 10.2. The molecular formula is C21H20Cl2N2O3. The molecule has 0 aromatic heterocycles. The van der Waals surface area contributed by atoms with Crippen LogP contribution in [0.15, 0.2) is 42.0 Å². The van der Waals surface area contributed by atoms with E-state index in [1.165, 1.54) is 11.0 Å². The van der Waals surface area contributed by atoms with Gasteiger partial charge in [-0.05, 0) is 36.8 Å². The van der Waals surface area contributed by atoms with Gasteiger partial charge in [-0.25, -0.2) is 0 Å². The number of ether oxygens (including phenoxy) is 2. The highest BCUT2D eigenvalue weighted by atomic mass is 35.5. The number of amides is 1. The standard InChI is InChI=1S/C21H20Cl2N2O3/c1-4-27-19-11-14(9-16(12-24)21(26)25(2)3)10-18(23)20(19)28-13-15-7-5-6-8-17(15)22/h5-11H,4,13H2,1-3H3/b16-9-. The number of halogens is 2. The molecule has 7 heteroatoms. The fourth-order valence-corrected chi connectivity index (χ4v) is 2.85. The Kier molecular flexibility index (Phi) is 7.74. The molecule has 0 fully saturated rings. The molecule has 5 nitrogen and oxygen atoms in total. The minimum absolute atomic E-state index is 0.00625. The third kappa shape index (κ3) is 5.41. The first kappa shape index (κ1) is 21.6. The van der Waals surface area contributed by atoms with Crippen LogP contribution in [-0.2, 0) is 11.4 Å². The minimum Gasteiger partial charge on any atom is -0.490 e. The maximum absolute atomic E-state index is 12.1. The van der Waals surface area contributed by atoms with Crippen LogP contribution in [0.2, 0.25) is 10.0 Å². The largest absolute Gasteiger partial charge is 0.490 e. The smallest absolute Gasteiger partial charge is 0.264 e. The molecule has 0 aliphatic heterocycles. The van der Waals surface area contributed by atoms with E-state index in [2.05, 4.69) is 0 Å². The zero-order chi connectivity index (χ0) is 20.7. The molecule has 28 heavy (non-hydrogen) atoms. The number of hydrogen-bond acceptors (Lipinski definition) is 4. The molecule has 146 valence electrons. The zero-order valence-corrected chi connectivity index (χ0v) is 17.3. The van der Waals surface area contributed by atoms with Gasteiger partial charge in [-0.3, -0.25) is 4.79 Å². The Morgan fingerprint density at radius 3 is 2.50 bits per heavy atom. The molecule has 0 saturated carbocycles. The molecule has 0 heterocycles. The molecule has 2 aromatic rings. The first-order valence-electron chi connectivity index (χ1n) is 8.53. The monoisotopic (exact) mass is 418 g/mol. The molecule has 2 rings (SSSR count). The number of carbonyl (C=O) groups excluding carboxylic acids is 1. The first-order chi connectivity index (χ1) is 13.4. The number of hydrogen-bond donors (Lipinski definition) is 0. The number of nitrogens with zero attached hydrogens (tertiary/aromatic N) is 2. The lowest BCUT2D eigenvalue weighted by atomic mass is 10.1. The van der Waals surface area contributed by atoms with E-state index < -0.39 is 5.91 Å². The third-order valence-electron chi connectivity index (χ3n) is 3.73. The van der Waals surface area contributed by atoms with Crippen LogP contribution in [0.4, 0.5) is 0 Å². The van der Waals surface area contributed by atoms with Gasteiger partial charge in [0.15, 0.2) is 11.5 Å². The lowest BCUT2D eigenvalue weighted by molar-refractivity contribution is -0.124. The van der Waals surface area contributed by atoms with Gasteiger partial charge in [-0.2, -0.15) is 5.26 Å². The molecule has 0 aliphatic carbocycles. The topological polar surface area (TPSA) is 62.6 Å². The molecule has 0 bridgehead atoms. The SMILES string of the molecule is CCOc1cc(/C=C(/C#N)C(=O)N(C)C)cc(Cl)c1OCc1ccccc1Cl. The van der Waals surface area contributed by atoms with Crippen LogP contribution < -0.4 is 9.47 Å². The predicted molar refractivity (Wildman–Crippen MR) is 111 cm³/mol. The van der Waals surface area contributed by atoms with Gasteiger partial charge in [-0.15, -0.1) is 0 Å². The van der Waals surface area contributed by atoms with E-state index in [9.17, 15) is 10.1 Å². The van der Waals surface area contributed by atoms with Gasteiger partial charge in [0.1, 0.15) is 18.2 Å². The second-order valence-electron chi connectivity index (χ2n) is 6.01. The van der Waals surface area contributed by atoms with Crippen molar-refractivity contribution < 1.29 is 14.3 Å². The lowest BCUT2D eigenvalue weighted by Crippen LogP contribution is -2.22. The van der Waals surface area contributed by atoms with Crippen LogP contribution in [0.3, 0.4) is 0 Å². The van der Waals surface area contributed by atoms with Crippen molar-refractivity contribution in [2.75, 3.05) is 20.7 Å². The molecule has 0 N–H and O–H groups in total. The van der Waals surface area contributed by atoms with Crippen LogP contribution in [-0.4, -0.2) is 31.5 Å². The zero-order valence-electron chi connectivity index (χ0n) is 15.8.